The van der Waals surface area contributed by atoms with Gasteiger partial charge in [0.15, 0.2) is 5.65 Å². The molecular formula is C16H19N5O3. The predicted molar refractivity (Wildman–Crippen MR) is 85.5 cm³/mol. The van der Waals surface area contributed by atoms with Crippen molar-refractivity contribution in [3.63, 3.8) is 0 Å². The molecule has 0 radical (unpaired) electrons. The highest BCUT2D eigenvalue weighted by atomic mass is 16.6. The number of amides is 2. The molecule has 0 aliphatic carbocycles. The van der Waals surface area contributed by atoms with Gasteiger partial charge in [0, 0.05) is 32.8 Å². The zero-order valence-corrected chi connectivity index (χ0v) is 13.5. The molecular weight excluding hydrogens is 310 g/mol. The molecule has 4 heterocycles. The van der Waals surface area contributed by atoms with Gasteiger partial charge in [-0.1, -0.05) is 0 Å². The molecule has 2 amide bonds. The van der Waals surface area contributed by atoms with E-state index < -0.39 is 5.60 Å². The number of imidazole rings is 1. The Labute approximate surface area is 138 Å². The van der Waals surface area contributed by atoms with E-state index >= 15 is 0 Å². The van der Waals surface area contributed by atoms with Gasteiger partial charge in [0.05, 0.1) is 18.4 Å². The number of carbonyl (C=O) groups excluding carboxylic acids is 2. The third-order valence-electron chi connectivity index (χ3n) is 4.85. The number of aromatic nitrogens is 3. The number of carbonyl (C=O) groups is 2. The second-order valence-electron chi connectivity index (χ2n) is 6.49. The molecule has 2 aliphatic rings. The van der Waals surface area contributed by atoms with Crippen molar-refractivity contribution in [2.45, 2.75) is 24.9 Å². The zero-order chi connectivity index (χ0) is 16.7. The van der Waals surface area contributed by atoms with Crippen LogP contribution in [0.1, 0.15) is 29.6 Å². The average molecular weight is 329 g/mol. The molecule has 4 rings (SSSR count). The number of fused-ring (bicyclic) bond motifs is 1. The first-order valence-electron chi connectivity index (χ1n) is 8.10. The van der Waals surface area contributed by atoms with Gasteiger partial charge in [0.2, 0.25) is 0 Å². The molecule has 0 aromatic carbocycles. The molecule has 1 N–H and O–H groups in total. The summed E-state index contributed by atoms with van der Waals surface area (Å²) in [5, 5.41) is 2.72. The van der Waals surface area contributed by atoms with Crippen molar-refractivity contribution in [1.82, 2.24) is 24.8 Å². The van der Waals surface area contributed by atoms with Crippen molar-refractivity contribution in [1.29, 1.82) is 0 Å². The molecule has 0 bridgehead atoms. The number of hydrogen-bond donors (Lipinski definition) is 1. The van der Waals surface area contributed by atoms with Crippen LogP contribution in [0.25, 0.3) is 11.2 Å². The van der Waals surface area contributed by atoms with Gasteiger partial charge in [-0.2, -0.15) is 0 Å². The summed E-state index contributed by atoms with van der Waals surface area (Å²) in [5.41, 5.74) is 1.54. The van der Waals surface area contributed by atoms with E-state index in [1.54, 1.807) is 18.6 Å². The fraction of sp³-hybridized carbons (Fsp3) is 0.500. The zero-order valence-electron chi connectivity index (χ0n) is 13.5. The van der Waals surface area contributed by atoms with Crippen LogP contribution >= 0.6 is 0 Å². The molecule has 2 aliphatic heterocycles. The number of hydrogen-bond acceptors (Lipinski definition) is 5. The molecule has 126 valence electrons. The minimum Gasteiger partial charge on any atom is -0.441 e. The Morgan fingerprint density at radius 1 is 1.33 bits per heavy atom. The molecule has 0 saturated carbocycles. The van der Waals surface area contributed by atoms with Crippen LogP contribution in [0.4, 0.5) is 4.79 Å². The van der Waals surface area contributed by atoms with Gasteiger partial charge in [-0.05, 0) is 18.9 Å². The molecule has 1 atom stereocenters. The van der Waals surface area contributed by atoms with Crippen LogP contribution < -0.4 is 5.32 Å². The maximum Gasteiger partial charge on any atom is 0.407 e. The van der Waals surface area contributed by atoms with Crippen LogP contribution in [-0.2, 0) is 11.8 Å². The van der Waals surface area contributed by atoms with Gasteiger partial charge in [0.25, 0.3) is 5.91 Å². The van der Waals surface area contributed by atoms with E-state index in [0.717, 1.165) is 18.5 Å². The fourth-order valence-corrected chi connectivity index (χ4v) is 3.47. The van der Waals surface area contributed by atoms with E-state index in [9.17, 15) is 9.59 Å². The number of pyridine rings is 1. The summed E-state index contributed by atoms with van der Waals surface area (Å²) < 4.78 is 7.27. The highest BCUT2D eigenvalue weighted by molar-refractivity contribution is 5.96. The van der Waals surface area contributed by atoms with Crippen LogP contribution in [0, 0.1) is 0 Å². The number of alkyl carbamates (subject to hydrolysis) is 1. The highest BCUT2D eigenvalue weighted by Gasteiger charge is 2.41. The third-order valence-corrected chi connectivity index (χ3v) is 4.85. The second-order valence-corrected chi connectivity index (χ2v) is 6.49. The first kappa shape index (κ1) is 14.9. The standard InChI is InChI=1S/C16H19N5O3/c1-20-10-19-12-7-11(8-17-13(12)20)14(22)21-5-2-3-16(4-6-21)9-18-15(23)24-16/h7-8,10H,2-6,9H2,1H3,(H,18,23)/t16-/m1/s1. The van der Waals surface area contributed by atoms with E-state index in [1.807, 2.05) is 16.5 Å². The number of aryl methyl sites for hydroxylation is 1. The summed E-state index contributed by atoms with van der Waals surface area (Å²) in [6, 6.07) is 1.78. The van der Waals surface area contributed by atoms with Crippen LogP contribution in [-0.4, -0.2) is 56.7 Å². The summed E-state index contributed by atoms with van der Waals surface area (Å²) in [5.74, 6) is -0.0515. The first-order valence-corrected chi connectivity index (χ1v) is 8.10. The lowest BCUT2D eigenvalue weighted by atomic mass is 9.95. The van der Waals surface area contributed by atoms with Crippen molar-refractivity contribution in [2.75, 3.05) is 19.6 Å². The van der Waals surface area contributed by atoms with Gasteiger partial charge in [-0.15, -0.1) is 0 Å². The lowest BCUT2D eigenvalue weighted by molar-refractivity contribution is 0.0438. The van der Waals surface area contributed by atoms with Gasteiger partial charge < -0.3 is 19.5 Å². The summed E-state index contributed by atoms with van der Waals surface area (Å²) in [6.07, 6.45) is 5.15. The summed E-state index contributed by atoms with van der Waals surface area (Å²) in [7, 11) is 1.87. The molecule has 2 saturated heterocycles. The smallest absolute Gasteiger partial charge is 0.407 e. The first-order chi connectivity index (χ1) is 11.6. The summed E-state index contributed by atoms with van der Waals surface area (Å²) >= 11 is 0. The fourth-order valence-electron chi connectivity index (χ4n) is 3.47. The largest absolute Gasteiger partial charge is 0.441 e. The average Bonchev–Trinajstić information content (AvgIpc) is 3.05. The molecule has 1 spiro atoms. The lowest BCUT2D eigenvalue weighted by Gasteiger charge is -2.25. The van der Waals surface area contributed by atoms with E-state index in [2.05, 4.69) is 15.3 Å². The Kier molecular flexibility index (Phi) is 3.40. The molecule has 8 heteroatoms. The second kappa shape index (κ2) is 5.47. The van der Waals surface area contributed by atoms with Crippen molar-refractivity contribution in [3.05, 3.63) is 24.2 Å². The normalized spacial score (nSPS) is 24.0. The van der Waals surface area contributed by atoms with Crippen molar-refractivity contribution < 1.29 is 14.3 Å². The Morgan fingerprint density at radius 3 is 3.00 bits per heavy atom. The van der Waals surface area contributed by atoms with E-state index in [1.165, 1.54) is 0 Å². The summed E-state index contributed by atoms with van der Waals surface area (Å²) in [6.45, 7) is 1.74. The van der Waals surface area contributed by atoms with Gasteiger partial charge >= 0.3 is 6.09 Å². The monoisotopic (exact) mass is 329 g/mol. The van der Waals surface area contributed by atoms with Crippen molar-refractivity contribution in [3.8, 4) is 0 Å². The highest BCUT2D eigenvalue weighted by Crippen LogP contribution is 2.29. The van der Waals surface area contributed by atoms with E-state index in [4.69, 9.17) is 4.74 Å². The van der Waals surface area contributed by atoms with Crippen molar-refractivity contribution in [2.24, 2.45) is 7.05 Å². The molecule has 0 unspecified atom stereocenters. The Balaban J connectivity index is 1.52. The lowest BCUT2D eigenvalue weighted by Crippen LogP contribution is -2.36. The maximum absolute atomic E-state index is 12.8. The SMILES string of the molecule is Cn1cnc2cc(C(=O)N3CCC[C@@]4(CC3)CNC(=O)O4)cnc21. The molecule has 2 aromatic rings. The Bertz CT molecular complexity index is 817. The van der Waals surface area contributed by atoms with Gasteiger partial charge in [-0.3, -0.25) is 4.79 Å². The minimum absolute atomic E-state index is 0.0515. The van der Waals surface area contributed by atoms with Crippen LogP contribution in [0.5, 0.6) is 0 Å². The molecule has 2 fully saturated rings. The van der Waals surface area contributed by atoms with Crippen LogP contribution in [0.2, 0.25) is 0 Å². The molecule has 24 heavy (non-hydrogen) atoms. The topological polar surface area (TPSA) is 89.4 Å². The molecule has 8 nitrogen and oxygen atoms in total. The van der Waals surface area contributed by atoms with E-state index in [0.29, 0.717) is 37.1 Å². The quantitative estimate of drug-likeness (QED) is 0.845. The number of nitrogens with zero attached hydrogens (tertiary/aromatic N) is 4. The van der Waals surface area contributed by atoms with E-state index in [-0.39, 0.29) is 12.0 Å². The summed E-state index contributed by atoms with van der Waals surface area (Å²) in [4.78, 5) is 34.6. The third kappa shape index (κ3) is 2.47. The number of ether oxygens (including phenoxy) is 1. The van der Waals surface area contributed by atoms with Crippen LogP contribution in [0.15, 0.2) is 18.6 Å². The number of rotatable bonds is 1. The van der Waals surface area contributed by atoms with Crippen molar-refractivity contribution >= 4 is 23.2 Å². The number of likely N-dealkylation sites (tertiary alicyclic amines) is 1. The predicted octanol–water partition coefficient (Wildman–Crippen LogP) is 1.07. The van der Waals surface area contributed by atoms with Gasteiger partial charge in [-0.25, -0.2) is 14.8 Å². The Morgan fingerprint density at radius 2 is 2.21 bits per heavy atom. The Hall–Kier alpha value is -2.64. The minimum atomic E-state index is -0.463. The van der Waals surface area contributed by atoms with Crippen LogP contribution in [0.3, 0.4) is 0 Å². The maximum atomic E-state index is 12.8. The number of nitrogens with one attached hydrogen (secondary N) is 1. The molecule has 2 aromatic heterocycles. The van der Waals surface area contributed by atoms with Gasteiger partial charge in [0.1, 0.15) is 11.1 Å².